The Morgan fingerprint density at radius 1 is 0.913 bits per heavy atom. The van der Waals surface area contributed by atoms with E-state index < -0.39 is 34.8 Å². The molecule has 1 saturated carbocycles. The molecule has 12 heteroatoms. The molecular weight excluding hydrogens is 598 g/mol. The van der Waals surface area contributed by atoms with Gasteiger partial charge in [0.1, 0.15) is 22.9 Å². The smallest absolute Gasteiger partial charge is 0.335 e. The quantitative estimate of drug-likeness (QED) is 0.166. The molecule has 1 aliphatic rings. The number of pyridine rings is 1. The van der Waals surface area contributed by atoms with Crippen LogP contribution in [0, 0.1) is 17.6 Å². The van der Waals surface area contributed by atoms with Gasteiger partial charge in [-0.15, -0.1) is 0 Å². The molecule has 0 atom stereocenters. The Kier molecular flexibility index (Phi) is 8.50. The second-order valence-electron chi connectivity index (χ2n) is 10.7. The lowest BCUT2D eigenvalue weighted by Crippen LogP contribution is -2.42. The van der Waals surface area contributed by atoms with E-state index in [1.54, 1.807) is 30.3 Å². The molecular formula is C34H26F2N4O6. The molecule has 46 heavy (non-hydrogen) atoms. The van der Waals surface area contributed by atoms with Crippen molar-refractivity contribution in [2.45, 2.75) is 25.8 Å². The van der Waals surface area contributed by atoms with Crippen LogP contribution in [0.5, 0.6) is 17.2 Å². The lowest BCUT2D eigenvalue weighted by atomic mass is 10.2. The number of carbonyl (C=O) groups is 2. The average molecular weight is 625 g/mol. The minimum atomic E-state index is -0.900. The largest absolute Gasteiger partial charge is 0.454 e. The maximum atomic E-state index is 15.1. The summed E-state index contributed by atoms with van der Waals surface area (Å²) in [4.78, 5) is 56.2. The molecule has 1 fully saturated rings. The number of esters is 1. The Morgan fingerprint density at radius 3 is 2.39 bits per heavy atom. The van der Waals surface area contributed by atoms with E-state index in [1.165, 1.54) is 53.4 Å². The Balaban J connectivity index is 1.18. The molecule has 2 heterocycles. The third-order valence-corrected chi connectivity index (χ3v) is 7.14. The van der Waals surface area contributed by atoms with Crippen molar-refractivity contribution in [1.29, 1.82) is 0 Å². The number of hydrogen-bond acceptors (Lipinski definition) is 7. The fourth-order valence-electron chi connectivity index (χ4n) is 4.69. The molecule has 6 rings (SSSR count). The fourth-order valence-corrected chi connectivity index (χ4v) is 4.69. The molecule has 0 saturated heterocycles. The van der Waals surface area contributed by atoms with Gasteiger partial charge < -0.3 is 14.8 Å². The summed E-state index contributed by atoms with van der Waals surface area (Å²) in [5.74, 6) is -2.07. The number of anilines is 1. The second-order valence-corrected chi connectivity index (χ2v) is 10.7. The lowest BCUT2D eigenvalue weighted by Gasteiger charge is -2.14. The Labute approximate surface area is 260 Å². The number of amides is 1. The molecule has 2 aromatic heterocycles. The van der Waals surface area contributed by atoms with E-state index in [4.69, 9.17) is 9.47 Å². The van der Waals surface area contributed by atoms with Gasteiger partial charge in [0.2, 0.25) is 0 Å². The minimum absolute atomic E-state index is 0.0293. The zero-order valence-electron chi connectivity index (χ0n) is 24.2. The van der Waals surface area contributed by atoms with E-state index in [2.05, 4.69) is 10.3 Å². The van der Waals surface area contributed by atoms with Crippen molar-refractivity contribution >= 4 is 17.6 Å². The van der Waals surface area contributed by atoms with Crippen LogP contribution in [0.2, 0.25) is 0 Å². The van der Waals surface area contributed by atoms with Crippen molar-refractivity contribution in [2.24, 2.45) is 5.92 Å². The first-order valence-corrected chi connectivity index (χ1v) is 14.4. The van der Waals surface area contributed by atoms with Gasteiger partial charge >= 0.3 is 11.7 Å². The third kappa shape index (κ3) is 7.07. The van der Waals surface area contributed by atoms with E-state index in [0.29, 0.717) is 18.0 Å². The second kappa shape index (κ2) is 13.0. The monoisotopic (exact) mass is 624 g/mol. The zero-order chi connectivity index (χ0) is 32.2. The van der Waals surface area contributed by atoms with E-state index >= 15 is 4.39 Å². The van der Waals surface area contributed by atoms with Crippen molar-refractivity contribution in [3.05, 3.63) is 141 Å². The molecule has 0 aliphatic heterocycles. The Morgan fingerprint density at radius 2 is 1.67 bits per heavy atom. The highest BCUT2D eigenvalue weighted by atomic mass is 19.1. The predicted octanol–water partition coefficient (Wildman–Crippen LogP) is 5.28. The Hall–Kier alpha value is -5.91. The first-order valence-electron chi connectivity index (χ1n) is 14.4. The van der Waals surface area contributed by atoms with Gasteiger partial charge in [-0.2, -0.15) is 0 Å². The van der Waals surface area contributed by atoms with Gasteiger partial charge in [-0.25, -0.2) is 18.1 Å². The highest BCUT2D eigenvalue weighted by molar-refractivity contribution is 6.03. The highest BCUT2D eigenvalue weighted by Gasteiger charge is 2.25. The van der Waals surface area contributed by atoms with Crippen molar-refractivity contribution in [3.8, 4) is 22.9 Å². The molecule has 3 aromatic carbocycles. The number of hydrogen-bond donors (Lipinski definition) is 1. The molecule has 1 amide bonds. The van der Waals surface area contributed by atoms with Crippen LogP contribution >= 0.6 is 0 Å². The third-order valence-electron chi connectivity index (χ3n) is 7.14. The molecule has 232 valence electrons. The lowest BCUT2D eigenvalue weighted by molar-refractivity contribution is -0.133. The summed E-state index contributed by atoms with van der Waals surface area (Å²) in [6.45, 7) is 0.312. The van der Waals surface area contributed by atoms with E-state index in [9.17, 15) is 23.6 Å². The zero-order valence-corrected chi connectivity index (χ0v) is 24.2. The number of rotatable bonds is 10. The summed E-state index contributed by atoms with van der Waals surface area (Å²) in [5.41, 5.74) is -1.42. The van der Waals surface area contributed by atoms with Gasteiger partial charge in [0, 0.05) is 36.8 Å². The molecule has 0 bridgehead atoms. The van der Waals surface area contributed by atoms with Gasteiger partial charge in [-0.05, 0) is 73.4 Å². The van der Waals surface area contributed by atoms with Gasteiger partial charge in [0.15, 0.2) is 11.6 Å². The minimum Gasteiger partial charge on any atom is -0.454 e. The summed E-state index contributed by atoms with van der Waals surface area (Å²) >= 11 is 0. The maximum Gasteiger partial charge on any atom is 0.335 e. The first-order chi connectivity index (χ1) is 22.2. The van der Waals surface area contributed by atoms with Crippen molar-refractivity contribution in [3.63, 3.8) is 0 Å². The van der Waals surface area contributed by atoms with Crippen LogP contribution < -0.4 is 26.0 Å². The van der Waals surface area contributed by atoms with Crippen molar-refractivity contribution < 1.29 is 27.8 Å². The van der Waals surface area contributed by atoms with E-state index in [1.807, 2.05) is 0 Å². The van der Waals surface area contributed by atoms with Gasteiger partial charge in [-0.3, -0.25) is 23.9 Å². The molecule has 1 aliphatic carbocycles. The molecule has 0 spiro atoms. The molecule has 1 N–H and O–H groups in total. The summed E-state index contributed by atoms with van der Waals surface area (Å²) in [7, 11) is 0. The molecule has 0 unspecified atom stereocenters. The first kappa shape index (κ1) is 30.1. The number of carbonyl (C=O) groups excluding carboxylic acids is 2. The maximum absolute atomic E-state index is 15.1. The number of aromatic nitrogens is 3. The van der Waals surface area contributed by atoms with Crippen molar-refractivity contribution in [2.75, 3.05) is 5.32 Å². The van der Waals surface area contributed by atoms with Gasteiger partial charge in [0.05, 0.1) is 17.8 Å². The summed E-state index contributed by atoms with van der Waals surface area (Å²) < 4.78 is 41.7. The Bertz CT molecular complexity index is 2040. The fraction of sp³-hybridized carbons (Fsp3) is 0.147. The van der Waals surface area contributed by atoms with Crippen LogP contribution in [0.25, 0.3) is 5.69 Å². The van der Waals surface area contributed by atoms with Crippen molar-refractivity contribution in [1.82, 2.24) is 14.1 Å². The van der Waals surface area contributed by atoms with Crippen LogP contribution in [0.4, 0.5) is 14.5 Å². The number of ether oxygens (including phenoxy) is 2. The standard InChI is InChI=1S/C34H26F2N4O6/c35-22-8-11-25(12-9-22)40-33(43)28(20-39(34(40)44)19-21-6-7-21)32(42)38-23-10-13-30(29(36)17-23)45-27-14-15-37-24(16-27)18-31(41)46-26-4-2-1-3-5-26/h1-5,8-17,20-21H,6-7,18-19H2,(H,38,42). The number of para-hydroxylation sites is 1. The molecule has 5 aromatic rings. The van der Waals surface area contributed by atoms with Crippen LogP contribution in [-0.2, 0) is 17.8 Å². The van der Waals surface area contributed by atoms with Gasteiger partial charge in [-0.1, -0.05) is 18.2 Å². The average Bonchev–Trinajstić information content (AvgIpc) is 3.86. The topological polar surface area (TPSA) is 122 Å². The predicted molar refractivity (Wildman–Crippen MR) is 163 cm³/mol. The number of nitrogens with zero attached hydrogens (tertiary/aromatic N) is 3. The van der Waals surface area contributed by atoms with Crippen LogP contribution in [0.15, 0.2) is 107 Å². The number of benzene rings is 3. The highest BCUT2D eigenvalue weighted by Crippen LogP contribution is 2.30. The van der Waals surface area contributed by atoms with E-state index in [-0.39, 0.29) is 40.8 Å². The normalized spacial score (nSPS) is 12.4. The molecule has 0 radical (unpaired) electrons. The number of halogens is 2. The molecule has 10 nitrogen and oxygen atoms in total. The summed E-state index contributed by atoms with van der Waals surface area (Å²) in [5, 5.41) is 2.50. The van der Waals surface area contributed by atoms with Crippen LogP contribution in [0.1, 0.15) is 28.9 Å². The summed E-state index contributed by atoms with van der Waals surface area (Å²) in [6, 6.07) is 20.0. The van der Waals surface area contributed by atoms with E-state index in [0.717, 1.165) is 35.6 Å². The van der Waals surface area contributed by atoms with Crippen LogP contribution in [0.3, 0.4) is 0 Å². The van der Waals surface area contributed by atoms with Gasteiger partial charge in [0.25, 0.3) is 11.5 Å². The number of nitrogens with one attached hydrogen (secondary N) is 1. The summed E-state index contributed by atoms with van der Waals surface area (Å²) in [6.07, 6.45) is 4.30. The van der Waals surface area contributed by atoms with Crippen LogP contribution in [-0.4, -0.2) is 26.0 Å². The SMILES string of the molecule is O=C(Cc1cc(Oc2ccc(NC(=O)c3cn(CC4CC4)c(=O)n(-c4ccc(F)cc4)c3=O)cc2F)ccn1)Oc1ccccc1.